The lowest BCUT2D eigenvalue weighted by molar-refractivity contribution is -0.137. The molecule has 25 heavy (non-hydrogen) atoms. The van der Waals surface area contributed by atoms with Crippen LogP contribution in [0.3, 0.4) is 0 Å². The number of hydrogen-bond acceptors (Lipinski definition) is 5. The molecule has 0 bridgehead atoms. The quantitative estimate of drug-likeness (QED) is 0.762. The van der Waals surface area contributed by atoms with Crippen LogP contribution in [0.4, 0.5) is 13.2 Å². The van der Waals surface area contributed by atoms with Gasteiger partial charge in [-0.05, 0) is 30.4 Å². The van der Waals surface area contributed by atoms with E-state index < -0.39 is 17.6 Å². The third kappa shape index (κ3) is 4.56. The number of carbonyl (C=O) groups is 1. The second kappa shape index (κ2) is 7.64. The third-order valence-corrected chi connectivity index (χ3v) is 3.48. The molecular weight excluding hydrogens is 357 g/mol. The highest BCUT2D eigenvalue weighted by atomic mass is 32.1. The summed E-state index contributed by atoms with van der Waals surface area (Å²) in [5.74, 6) is -0.273. The number of hydrogen-bond donors (Lipinski definition) is 2. The van der Waals surface area contributed by atoms with E-state index in [2.05, 4.69) is 17.6 Å². The number of pyridine rings is 1. The highest BCUT2D eigenvalue weighted by Crippen LogP contribution is 2.34. The molecule has 0 aliphatic rings. The van der Waals surface area contributed by atoms with Crippen molar-refractivity contribution >= 4 is 18.5 Å². The van der Waals surface area contributed by atoms with E-state index in [0.29, 0.717) is 23.5 Å². The molecule has 0 saturated carbocycles. The predicted octanol–water partition coefficient (Wildman–Crippen LogP) is 3.47. The summed E-state index contributed by atoms with van der Waals surface area (Å²) in [5, 5.41) is 0. The van der Waals surface area contributed by atoms with Crippen LogP contribution in [-0.4, -0.2) is 23.8 Å². The zero-order valence-electron chi connectivity index (χ0n) is 13.1. The molecule has 2 rings (SSSR count). The summed E-state index contributed by atoms with van der Waals surface area (Å²) in [4.78, 5) is 15.6. The fraction of sp³-hybridized carbons (Fsp3) is 0.250. The van der Waals surface area contributed by atoms with E-state index in [4.69, 9.17) is 15.2 Å². The van der Waals surface area contributed by atoms with Crippen LogP contribution in [0.15, 0.2) is 30.3 Å². The van der Waals surface area contributed by atoms with Crippen molar-refractivity contribution in [3.8, 4) is 17.4 Å². The van der Waals surface area contributed by atoms with Crippen LogP contribution in [0.25, 0.3) is 0 Å². The largest absolute Gasteiger partial charge is 0.496 e. The molecule has 2 N–H and O–H groups in total. The lowest BCUT2D eigenvalue weighted by Crippen LogP contribution is -2.17. The first-order chi connectivity index (χ1) is 11.8. The molecule has 0 aliphatic carbocycles. The van der Waals surface area contributed by atoms with Crippen molar-refractivity contribution < 1.29 is 27.4 Å². The van der Waals surface area contributed by atoms with Gasteiger partial charge in [0.2, 0.25) is 5.88 Å². The van der Waals surface area contributed by atoms with Crippen molar-refractivity contribution in [3.05, 3.63) is 47.2 Å². The smallest absolute Gasteiger partial charge is 0.416 e. The molecule has 2 aromatic rings. The minimum absolute atomic E-state index is 0.0737. The summed E-state index contributed by atoms with van der Waals surface area (Å²) in [5.41, 5.74) is 4.85. The maximum absolute atomic E-state index is 12.8. The maximum atomic E-state index is 12.8. The summed E-state index contributed by atoms with van der Waals surface area (Å²) in [6.07, 6.45) is -4.12. The first-order valence-electron chi connectivity index (χ1n) is 7.10. The van der Waals surface area contributed by atoms with E-state index in [0.717, 1.165) is 12.1 Å². The zero-order chi connectivity index (χ0) is 18.6. The van der Waals surface area contributed by atoms with Crippen LogP contribution in [0, 0.1) is 0 Å². The van der Waals surface area contributed by atoms with Crippen LogP contribution in [0.5, 0.6) is 17.4 Å². The number of ether oxygens (including phenoxy) is 2. The van der Waals surface area contributed by atoms with E-state index >= 15 is 0 Å². The molecule has 0 unspecified atom stereocenters. The van der Waals surface area contributed by atoms with Gasteiger partial charge in [-0.3, -0.25) is 4.79 Å². The van der Waals surface area contributed by atoms with Gasteiger partial charge in [0, 0.05) is 11.6 Å². The Kier molecular flexibility index (Phi) is 5.78. The number of thiol groups is 1. The lowest BCUT2D eigenvalue weighted by atomic mass is 10.1. The number of nitrogens with two attached hydrogens (primary N) is 1. The average molecular weight is 372 g/mol. The fourth-order valence-electron chi connectivity index (χ4n) is 2.17. The molecule has 0 saturated heterocycles. The van der Waals surface area contributed by atoms with Gasteiger partial charge in [-0.25, -0.2) is 4.98 Å². The Bertz CT molecular complexity index is 782. The Hall–Kier alpha value is -2.42. The predicted molar refractivity (Wildman–Crippen MR) is 88.4 cm³/mol. The molecule has 0 atom stereocenters. The Morgan fingerprint density at radius 2 is 2.04 bits per heavy atom. The Morgan fingerprint density at radius 3 is 2.60 bits per heavy atom. The van der Waals surface area contributed by atoms with Crippen molar-refractivity contribution in [1.82, 2.24) is 4.98 Å². The molecule has 134 valence electrons. The van der Waals surface area contributed by atoms with E-state index in [1.165, 1.54) is 25.3 Å². The highest BCUT2D eigenvalue weighted by Gasteiger charge is 2.30. The van der Waals surface area contributed by atoms with Crippen molar-refractivity contribution in [2.24, 2.45) is 5.73 Å². The minimum Gasteiger partial charge on any atom is -0.496 e. The second-order valence-electron chi connectivity index (χ2n) is 4.96. The second-order valence-corrected chi connectivity index (χ2v) is 5.40. The van der Waals surface area contributed by atoms with Crippen LogP contribution < -0.4 is 15.2 Å². The lowest BCUT2D eigenvalue weighted by Gasteiger charge is -2.14. The molecular formula is C16H15F3N2O3S. The van der Waals surface area contributed by atoms with Gasteiger partial charge in [0.15, 0.2) is 0 Å². The van der Waals surface area contributed by atoms with Crippen LogP contribution in [-0.2, 0) is 12.6 Å². The molecule has 1 aromatic carbocycles. The molecule has 9 heteroatoms. The normalized spacial score (nSPS) is 11.2. The molecule has 1 amide bonds. The third-order valence-electron chi connectivity index (χ3n) is 3.26. The van der Waals surface area contributed by atoms with Gasteiger partial charge in [-0.2, -0.15) is 25.8 Å². The Morgan fingerprint density at radius 1 is 1.32 bits per heavy atom. The monoisotopic (exact) mass is 372 g/mol. The van der Waals surface area contributed by atoms with E-state index in [1.54, 1.807) is 0 Å². The number of carbonyl (C=O) groups excluding carboxylic acids is 1. The molecule has 1 heterocycles. The molecule has 5 nitrogen and oxygen atoms in total. The fourth-order valence-corrected chi connectivity index (χ4v) is 2.40. The van der Waals surface area contributed by atoms with Crippen molar-refractivity contribution in [2.75, 3.05) is 12.9 Å². The number of methoxy groups -OCH3 is 1. The van der Waals surface area contributed by atoms with E-state index in [9.17, 15) is 18.0 Å². The van der Waals surface area contributed by atoms with Gasteiger partial charge >= 0.3 is 6.18 Å². The standard InChI is InChI=1S/C16H15F3N2O3S/c1-23-12-8-13(21-14(15(20)22)11(12)5-6-25)24-10-4-2-3-9(7-10)16(17,18)19/h2-4,7-8,25H,5-6H2,1H3,(H2,20,22). The number of alkyl halides is 3. The summed E-state index contributed by atoms with van der Waals surface area (Å²) in [6.45, 7) is 0. The topological polar surface area (TPSA) is 74.4 Å². The number of halogens is 3. The number of benzene rings is 1. The summed E-state index contributed by atoms with van der Waals surface area (Å²) in [7, 11) is 1.39. The average Bonchev–Trinajstić information content (AvgIpc) is 2.55. The SMILES string of the molecule is COc1cc(Oc2cccc(C(F)(F)F)c2)nc(C(N)=O)c1CCS. The molecule has 0 radical (unpaired) electrons. The van der Waals surface area contributed by atoms with Gasteiger partial charge in [-0.15, -0.1) is 0 Å². The Labute approximate surface area is 147 Å². The van der Waals surface area contributed by atoms with Gasteiger partial charge in [0.05, 0.1) is 12.7 Å². The number of rotatable bonds is 6. The first kappa shape index (κ1) is 18.9. The van der Waals surface area contributed by atoms with Crippen molar-refractivity contribution in [2.45, 2.75) is 12.6 Å². The van der Waals surface area contributed by atoms with E-state index in [-0.39, 0.29) is 17.3 Å². The van der Waals surface area contributed by atoms with Crippen molar-refractivity contribution in [1.29, 1.82) is 0 Å². The number of primary amides is 1. The molecule has 0 aliphatic heterocycles. The van der Waals surface area contributed by atoms with Crippen molar-refractivity contribution in [3.63, 3.8) is 0 Å². The number of amides is 1. The maximum Gasteiger partial charge on any atom is 0.416 e. The van der Waals surface area contributed by atoms with Crippen LogP contribution in [0.2, 0.25) is 0 Å². The summed E-state index contributed by atoms with van der Waals surface area (Å²) < 4.78 is 48.9. The number of aromatic nitrogens is 1. The first-order valence-corrected chi connectivity index (χ1v) is 7.73. The van der Waals surface area contributed by atoms with Gasteiger partial charge in [0.1, 0.15) is 17.2 Å². The number of nitrogens with zero attached hydrogens (tertiary/aromatic N) is 1. The van der Waals surface area contributed by atoms with Crippen LogP contribution in [0.1, 0.15) is 21.6 Å². The molecule has 0 spiro atoms. The van der Waals surface area contributed by atoms with Crippen LogP contribution >= 0.6 is 12.6 Å². The Balaban J connectivity index is 2.43. The van der Waals surface area contributed by atoms with Gasteiger partial charge in [0.25, 0.3) is 5.91 Å². The molecule has 0 fully saturated rings. The van der Waals surface area contributed by atoms with E-state index in [1.807, 2.05) is 0 Å². The van der Waals surface area contributed by atoms with Gasteiger partial charge in [-0.1, -0.05) is 6.07 Å². The molecule has 1 aromatic heterocycles. The summed E-state index contributed by atoms with van der Waals surface area (Å²) in [6, 6.07) is 5.69. The summed E-state index contributed by atoms with van der Waals surface area (Å²) >= 11 is 4.10. The van der Waals surface area contributed by atoms with Gasteiger partial charge < -0.3 is 15.2 Å². The minimum atomic E-state index is -4.50. The zero-order valence-corrected chi connectivity index (χ0v) is 14.0. The highest BCUT2D eigenvalue weighted by molar-refractivity contribution is 7.80.